The first-order chi connectivity index (χ1) is 12.5. The Morgan fingerprint density at radius 3 is 2.65 bits per heavy atom. The number of likely N-dealkylation sites (tertiary alicyclic amines) is 1. The normalized spacial score (nSPS) is 15.3. The van der Waals surface area contributed by atoms with E-state index in [2.05, 4.69) is 5.32 Å². The number of hydrogen-bond donors (Lipinski definition) is 1. The molecule has 0 bridgehead atoms. The lowest BCUT2D eigenvalue weighted by molar-refractivity contribution is -0.149. The highest BCUT2D eigenvalue weighted by atomic mass is 16.5. The molecule has 1 heterocycles. The summed E-state index contributed by atoms with van der Waals surface area (Å²) in [5, 5.41) is 12.2. The Kier molecular flexibility index (Phi) is 6.79. The molecular weight excluding hydrogens is 330 g/mol. The first kappa shape index (κ1) is 19.5. The van der Waals surface area contributed by atoms with Gasteiger partial charge in [-0.05, 0) is 50.8 Å². The van der Waals surface area contributed by atoms with Gasteiger partial charge in [0, 0.05) is 25.0 Å². The van der Waals surface area contributed by atoms with Gasteiger partial charge in [0.15, 0.2) is 0 Å². The molecule has 1 saturated heterocycles. The smallest absolute Gasteiger partial charge is 0.309 e. The van der Waals surface area contributed by atoms with Crippen molar-refractivity contribution in [1.82, 2.24) is 4.90 Å². The summed E-state index contributed by atoms with van der Waals surface area (Å²) in [6.45, 7) is 7.32. The number of amides is 1. The summed E-state index contributed by atoms with van der Waals surface area (Å²) in [7, 11) is 0. The Balaban J connectivity index is 2.00. The minimum atomic E-state index is -0.422. The van der Waals surface area contributed by atoms with Crippen LogP contribution < -0.4 is 5.32 Å². The molecule has 0 radical (unpaired) electrons. The number of esters is 1. The van der Waals surface area contributed by atoms with E-state index in [4.69, 9.17) is 4.74 Å². The molecule has 0 aromatic heterocycles. The summed E-state index contributed by atoms with van der Waals surface area (Å²) in [5.41, 5.74) is 2.82. The van der Waals surface area contributed by atoms with E-state index in [1.54, 1.807) is 13.1 Å². The number of anilines is 1. The second-order valence-corrected chi connectivity index (χ2v) is 6.42. The first-order valence-electron chi connectivity index (χ1n) is 8.86. The summed E-state index contributed by atoms with van der Waals surface area (Å²) in [5.74, 6) is -0.688. The van der Waals surface area contributed by atoms with Gasteiger partial charge in [0.25, 0.3) is 5.91 Å². The zero-order chi connectivity index (χ0) is 19.1. The lowest BCUT2D eigenvalue weighted by atomic mass is 9.97. The molecule has 0 unspecified atom stereocenters. The number of hydrogen-bond acceptors (Lipinski definition) is 5. The van der Waals surface area contributed by atoms with Gasteiger partial charge in [0.1, 0.15) is 11.6 Å². The Bertz CT molecular complexity index is 741. The predicted octanol–water partition coefficient (Wildman–Crippen LogP) is 2.92. The second kappa shape index (κ2) is 9.04. The Hall–Kier alpha value is -2.81. The van der Waals surface area contributed by atoms with Crippen LogP contribution >= 0.6 is 0 Å². The largest absolute Gasteiger partial charge is 0.466 e. The third-order valence-electron chi connectivity index (χ3n) is 4.68. The van der Waals surface area contributed by atoms with Crippen molar-refractivity contribution >= 4 is 17.6 Å². The van der Waals surface area contributed by atoms with Crippen LogP contribution in [0.15, 0.2) is 30.0 Å². The van der Waals surface area contributed by atoms with E-state index >= 15 is 0 Å². The van der Waals surface area contributed by atoms with Crippen molar-refractivity contribution in [2.45, 2.75) is 33.6 Å². The lowest BCUT2D eigenvalue weighted by Crippen LogP contribution is -2.34. The summed E-state index contributed by atoms with van der Waals surface area (Å²) in [6, 6.07) is 7.63. The first-order valence-corrected chi connectivity index (χ1v) is 8.86. The number of nitrogens with zero attached hydrogens (tertiary/aromatic N) is 2. The van der Waals surface area contributed by atoms with Crippen LogP contribution in [0.4, 0.5) is 5.69 Å². The molecule has 0 saturated carbocycles. The highest BCUT2D eigenvalue weighted by molar-refractivity contribution is 6.06. The van der Waals surface area contributed by atoms with Crippen LogP contribution in [0.25, 0.3) is 0 Å². The molecule has 6 heteroatoms. The zero-order valence-electron chi connectivity index (χ0n) is 15.5. The van der Waals surface area contributed by atoms with E-state index in [1.807, 2.05) is 43.0 Å². The Morgan fingerprint density at radius 2 is 2.04 bits per heavy atom. The number of nitriles is 1. The molecule has 0 aliphatic carbocycles. The Morgan fingerprint density at radius 1 is 1.35 bits per heavy atom. The molecule has 1 aromatic rings. The van der Waals surface area contributed by atoms with Crippen molar-refractivity contribution < 1.29 is 14.3 Å². The fraction of sp³-hybridized carbons (Fsp3) is 0.450. The molecule has 1 fully saturated rings. The third kappa shape index (κ3) is 4.85. The maximum Gasteiger partial charge on any atom is 0.309 e. The van der Waals surface area contributed by atoms with Gasteiger partial charge in [-0.2, -0.15) is 5.26 Å². The monoisotopic (exact) mass is 355 g/mol. The van der Waals surface area contributed by atoms with Crippen molar-refractivity contribution in [3.8, 4) is 6.07 Å². The van der Waals surface area contributed by atoms with E-state index < -0.39 is 5.91 Å². The quantitative estimate of drug-likeness (QED) is 0.499. The van der Waals surface area contributed by atoms with Gasteiger partial charge in [-0.15, -0.1) is 0 Å². The van der Waals surface area contributed by atoms with Crippen LogP contribution in [0.1, 0.15) is 30.9 Å². The average Bonchev–Trinajstić information content (AvgIpc) is 2.64. The molecule has 1 aromatic carbocycles. The number of benzene rings is 1. The predicted molar refractivity (Wildman–Crippen MR) is 99.2 cm³/mol. The maximum atomic E-state index is 12.4. The number of carbonyl (C=O) groups excluding carboxylic acids is 2. The van der Waals surface area contributed by atoms with Crippen LogP contribution in [-0.2, 0) is 14.3 Å². The van der Waals surface area contributed by atoms with Gasteiger partial charge >= 0.3 is 5.97 Å². The molecule has 6 nitrogen and oxygen atoms in total. The fourth-order valence-corrected chi connectivity index (χ4v) is 2.92. The lowest BCUT2D eigenvalue weighted by Gasteiger charge is -2.30. The topological polar surface area (TPSA) is 82.4 Å². The molecule has 1 N–H and O–H groups in total. The summed E-state index contributed by atoms with van der Waals surface area (Å²) >= 11 is 0. The molecule has 1 aliphatic rings. The van der Waals surface area contributed by atoms with Gasteiger partial charge in [0.2, 0.25) is 0 Å². The second-order valence-electron chi connectivity index (χ2n) is 6.42. The van der Waals surface area contributed by atoms with Gasteiger partial charge in [-0.3, -0.25) is 9.59 Å². The number of rotatable bonds is 5. The summed E-state index contributed by atoms with van der Waals surface area (Å²) in [4.78, 5) is 26.1. The van der Waals surface area contributed by atoms with Crippen LogP contribution in [0.3, 0.4) is 0 Å². The van der Waals surface area contributed by atoms with Crippen LogP contribution in [0, 0.1) is 31.1 Å². The molecule has 1 aliphatic heterocycles. The number of nitrogens with one attached hydrogen (secondary N) is 1. The van der Waals surface area contributed by atoms with E-state index in [0.717, 1.165) is 11.1 Å². The molecule has 26 heavy (non-hydrogen) atoms. The van der Waals surface area contributed by atoms with Crippen molar-refractivity contribution in [3.05, 3.63) is 41.1 Å². The van der Waals surface area contributed by atoms with Crippen LogP contribution in [0.5, 0.6) is 0 Å². The number of carbonyl (C=O) groups is 2. The molecule has 2 rings (SSSR count). The SMILES string of the molecule is CCOC(=O)C1CCN(/C=C(/C#N)C(=O)Nc2cccc(C)c2C)CC1. The number of piperidine rings is 1. The summed E-state index contributed by atoms with van der Waals surface area (Å²) in [6.07, 6.45) is 2.90. The zero-order valence-corrected chi connectivity index (χ0v) is 15.5. The van der Waals surface area contributed by atoms with E-state index in [0.29, 0.717) is 38.2 Å². The molecule has 0 spiro atoms. The van der Waals surface area contributed by atoms with Crippen molar-refractivity contribution in [2.75, 3.05) is 25.0 Å². The molecular formula is C20H25N3O3. The van der Waals surface area contributed by atoms with Crippen molar-refractivity contribution in [1.29, 1.82) is 5.26 Å². The van der Waals surface area contributed by atoms with Crippen molar-refractivity contribution in [3.63, 3.8) is 0 Å². The Labute approximate surface area is 154 Å². The van der Waals surface area contributed by atoms with Gasteiger partial charge in [-0.25, -0.2) is 0 Å². The maximum absolute atomic E-state index is 12.4. The van der Waals surface area contributed by atoms with Gasteiger partial charge in [-0.1, -0.05) is 12.1 Å². The average molecular weight is 355 g/mol. The number of aryl methyl sites for hydroxylation is 1. The minimum absolute atomic E-state index is 0.0560. The third-order valence-corrected chi connectivity index (χ3v) is 4.68. The van der Waals surface area contributed by atoms with Gasteiger partial charge in [0.05, 0.1) is 12.5 Å². The van der Waals surface area contributed by atoms with E-state index in [9.17, 15) is 14.9 Å². The fourth-order valence-electron chi connectivity index (χ4n) is 2.92. The minimum Gasteiger partial charge on any atom is -0.466 e. The summed E-state index contributed by atoms with van der Waals surface area (Å²) < 4.78 is 5.05. The van der Waals surface area contributed by atoms with E-state index in [-0.39, 0.29) is 17.5 Å². The standard InChI is InChI=1S/C20H25N3O3/c1-4-26-20(25)16-8-10-23(11-9-16)13-17(12-21)19(24)22-18-7-5-6-14(2)15(18)3/h5-7,13,16H,4,8-11H2,1-3H3,(H,22,24)/b17-13-. The molecule has 1 amide bonds. The molecule has 138 valence electrons. The molecule has 0 atom stereocenters. The van der Waals surface area contributed by atoms with Crippen LogP contribution in [-0.4, -0.2) is 36.5 Å². The van der Waals surface area contributed by atoms with E-state index in [1.165, 1.54) is 0 Å². The highest BCUT2D eigenvalue weighted by Gasteiger charge is 2.25. The highest BCUT2D eigenvalue weighted by Crippen LogP contribution is 2.21. The van der Waals surface area contributed by atoms with Crippen LogP contribution in [0.2, 0.25) is 0 Å². The van der Waals surface area contributed by atoms with Crippen molar-refractivity contribution in [2.24, 2.45) is 5.92 Å². The number of ether oxygens (including phenoxy) is 1. The van der Waals surface area contributed by atoms with Gasteiger partial charge < -0.3 is 15.0 Å².